The van der Waals surface area contributed by atoms with Crippen LogP contribution in [0.25, 0.3) is 0 Å². The van der Waals surface area contributed by atoms with Gasteiger partial charge in [-0.25, -0.2) is 5.43 Å². The van der Waals surface area contributed by atoms with E-state index in [1.807, 2.05) is 36.4 Å². The summed E-state index contributed by atoms with van der Waals surface area (Å²) in [6, 6.07) is 18.6. The van der Waals surface area contributed by atoms with Gasteiger partial charge in [0.1, 0.15) is 0 Å². The van der Waals surface area contributed by atoms with Crippen LogP contribution in [0.1, 0.15) is 118 Å². The van der Waals surface area contributed by atoms with Gasteiger partial charge in [-0.15, -0.1) is 0 Å². The summed E-state index contributed by atoms with van der Waals surface area (Å²) in [7, 11) is 0. The highest BCUT2D eigenvalue weighted by atomic mass is 16.2. The highest BCUT2D eigenvalue weighted by Gasteiger charge is 2.23. The van der Waals surface area contributed by atoms with E-state index in [1.165, 1.54) is 64.2 Å². The number of amides is 1. The van der Waals surface area contributed by atoms with Crippen LogP contribution < -0.4 is 11.2 Å². The van der Waals surface area contributed by atoms with E-state index in [9.17, 15) is 4.79 Å². The second kappa shape index (κ2) is 17.9. The molecule has 2 heterocycles. The van der Waals surface area contributed by atoms with E-state index in [-0.39, 0.29) is 11.8 Å². The molecule has 0 aliphatic carbocycles. The first-order valence-electron chi connectivity index (χ1n) is 14.7. The second-order valence-corrected chi connectivity index (χ2v) is 10.2. The van der Waals surface area contributed by atoms with Crippen LogP contribution in [0.3, 0.4) is 0 Å². The minimum absolute atomic E-state index is 0.230. The topological polar surface area (TPSA) is 93.3 Å². The zero-order chi connectivity index (χ0) is 27.5. The Kier molecular flexibility index (Phi) is 13.8. The second-order valence-electron chi connectivity index (χ2n) is 10.2. The van der Waals surface area contributed by atoms with Crippen LogP contribution in [0, 0.1) is 0 Å². The number of nitrogen functional groups attached to an aromatic ring is 1. The monoisotopic (exact) mass is 527 g/mol. The lowest BCUT2D eigenvalue weighted by Gasteiger charge is -2.19. The van der Waals surface area contributed by atoms with Crippen LogP contribution in [-0.4, -0.2) is 21.6 Å². The molecule has 3 rings (SSSR count). The molecule has 0 aliphatic rings. The van der Waals surface area contributed by atoms with Crippen molar-refractivity contribution in [1.82, 2.24) is 15.4 Å². The third-order valence-electron chi connectivity index (χ3n) is 7.06. The Hall–Kier alpha value is -3.54. The molecule has 0 aliphatic heterocycles. The van der Waals surface area contributed by atoms with Gasteiger partial charge in [-0.3, -0.25) is 14.8 Å². The first-order valence-corrected chi connectivity index (χ1v) is 14.7. The minimum Gasteiger partial charge on any atom is -0.399 e. The SMILES string of the molecule is CCCCCCCCCCCCCCC(=NNC(=O)c1ccc(N)cc1)C(c1ccccn1)c1ccccn1. The van der Waals surface area contributed by atoms with Crippen LogP contribution in [0.5, 0.6) is 0 Å². The molecule has 0 atom stereocenters. The minimum atomic E-state index is -0.261. The average molecular weight is 528 g/mol. The molecule has 1 aromatic carbocycles. The van der Waals surface area contributed by atoms with Gasteiger partial charge >= 0.3 is 0 Å². The fraction of sp³-hybridized carbons (Fsp3) is 0.455. The highest BCUT2D eigenvalue weighted by molar-refractivity contribution is 5.97. The molecule has 6 heteroatoms. The van der Waals surface area contributed by atoms with E-state index in [1.54, 1.807) is 36.7 Å². The van der Waals surface area contributed by atoms with Crippen molar-refractivity contribution in [3.8, 4) is 0 Å². The number of aromatic nitrogens is 2. The third-order valence-corrected chi connectivity index (χ3v) is 7.06. The molecular formula is C33H45N5O. The Morgan fingerprint density at radius 3 is 1.74 bits per heavy atom. The van der Waals surface area contributed by atoms with Crippen molar-refractivity contribution in [1.29, 1.82) is 0 Å². The number of benzene rings is 1. The van der Waals surface area contributed by atoms with E-state index in [2.05, 4.69) is 27.4 Å². The predicted molar refractivity (Wildman–Crippen MR) is 162 cm³/mol. The maximum absolute atomic E-state index is 12.8. The van der Waals surface area contributed by atoms with Crippen LogP contribution >= 0.6 is 0 Å². The van der Waals surface area contributed by atoms with Crippen LogP contribution in [0.15, 0.2) is 78.2 Å². The van der Waals surface area contributed by atoms with Crippen molar-refractivity contribution in [2.45, 2.75) is 96.3 Å². The van der Waals surface area contributed by atoms with Gasteiger partial charge in [-0.05, 0) is 61.4 Å². The Labute approximate surface area is 234 Å². The smallest absolute Gasteiger partial charge is 0.271 e. The molecule has 208 valence electrons. The molecule has 0 radical (unpaired) electrons. The largest absolute Gasteiger partial charge is 0.399 e. The van der Waals surface area contributed by atoms with Gasteiger partial charge in [0, 0.05) is 23.6 Å². The van der Waals surface area contributed by atoms with Crippen molar-refractivity contribution in [3.63, 3.8) is 0 Å². The Bertz CT molecular complexity index is 1060. The lowest BCUT2D eigenvalue weighted by Crippen LogP contribution is -2.24. The van der Waals surface area contributed by atoms with E-state index < -0.39 is 0 Å². The molecule has 0 bridgehead atoms. The first kappa shape index (κ1) is 30.0. The third kappa shape index (κ3) is 11.0. The van der Waals surface area contributed by atoms with E-state index in [0.29, 0.717) is 11.3 Å². The van der Waals surface area contributed by atoms with E-state index >= 15 is 0 Å². The summed E-state index contributed by atoms with van der Waals surface area (Å²) in [6.07, 6.45) is 19.8. The first-order chi connectivity index (χ1) is 19.2. The van der Waals surface area contributed by atoms with E-state index in [0.717, 1.165) is 36.4 Å². The summed E-state index contributed by atoms with van der Waals surface area (Å²) in [5.41, 5.74) is 12.3. The molecule has 39 heavy (non-hydrogen) atoms. The van der Waals surface area contributed by atoms with Gasteiger partial charge in [-0.1, -0.05) is 89.7 Å². The van der Waals surface area contributed by atoms with Crippen molar-refractivity contribution in [2.24, 2.45) is 5.10 Å². The number of hydrazone groups is 1. The summed E-state index contributed by atoms with van der Waals surface area (Å²) in [4.78, 5) is 22.1. The molecule has 6 nitrogen and oxygen atoms in total. The van der Waals surface area contributed by atoms with Gasteiger partial charge in [0.05, 0.1) is 23.0 Å². The maximum atomic E-state index is 12.8. The number of nitrogens with zero attached hydrogens (tertiary/aromatic N) is 3. The van der Waals surface area contributed by atoms with Crippen molar-refractivity contribution >= 4 is 17.3 Å². The summed E-state index contributed by atoms with van der Waals surface area (Å²) in [6.45, 7) is 2.27. The summed E-state index contributed by atoms with van der Waals surface area (Å²) in [5.74, 6) is -0.491. The Morgan fingerprint density at radius 1 is 0.744 bits per heavy atom. The number of unbranched alkanes of at least 4 members (excludes halogenated alkanes) is 11. The zero-order valence-electron chi connectivity index (χ0n) is 23.5. The lowest BCUT2D eigenvalue weighted by atomic mass is 9.90. The van der Waals surface area contributed by atoms with Gasteiger partial charge in [0.2, 0.25) is 0 Å². The van der Waals surface area contributed by atoms with Gasteiger partial charge in [0.25, 0.3) is 5.91 Å². The van der Waals surface area contributed by atoms with E-state index in [4.69, 9.17) is 5.73 Å². The van der Waals surface area contributed by atoms with Crippen LogP contribution in [0.2, 0.25) is 0 Å². The Morgan fingerprint density at radius 2 is 1.26 bits per heavy atom. The number of anilines is 1. The number of rotatable bonds is 18. The molecule has 2 aromatic heterocycles. The van der Waals surface area contributed by atoms with Gasteiger partial charge in [0.15, 0.2) is 0 Å². The number of carbonyl (C=O) groups excluding carboxylic acids is 1. The van der Waals surface area contributed by atoms with Crippen LogP contribution in [0.4, 0.5) is 5.69 Å². The summed E-state index contributed by atoms with van der Waals surface area (Å²) in [5, 5.41) is 4.67. The number of nitrogens with one attached hydrogen (secondary N) is 1. The number of pyridine rings is 2. The fourth-order valence-electron chi connectivity index (χ4n) is 4.82. The molecule has 0 fully saturated rings. The molecule has 1 amide bonds. The Balaban J connectivity index is 1.61. The van der Waals surface area contributed by atoms with Crippen molar-refractivity contribution in [2.75, 3.05) is 5.73 Å². The van der Waals surface area contributed by atoms with Crippen LogP contribution in [-0.2, 0) is 0 Å². The van der Waals surface area contributed by atoms with Gasteiger partial charge < -0.3 is 5.73 Å². The average Bonchev–Trinajstić information content (AvgIpc) is 2.97. The number of nitrogens with two attached hydrogens (primary N) is 1. The molecular weight excluding hydrogens is 482 g/mol. The standard InChI is InChI=1S/C33H45N5O/c1-2-3-4-5-6-7-8-9-10-11-12-13-20-31(37-38-33(39)27-21-23-28(34)24-22-27)32(29-18-14-16-25-35-29)30-19-15-17-26-36-30/h14-19,21-26,32H,2-13,20,34H2,1H3,(H,38,39). The molecule has 0 saturated carbocycles. The molecule has 3 aromatic rings. The lowest BCUT2D eigenvalue weighted by molar-refractivity contribution is 0.0954. The molecule has 3 N–H and O–H groups in total. The van der Waals surface area contributed by atoms with Crippen molar-refractivity contribution in [3.05, 3.63) is 90.0 Å². The highest BCUT2D eigenvalue weighted by Crippen LogP contribution is 2.26. The zero-order valence-corrected chi connectivity index (χ0v) is 23.5. The molecule has 0 saturated heterocycles. The number of carbonyl (C=O) groups is 1. The summed E-state index contributed by atoms with van der Waals surface area (Å²) >= 11 is 0. The van der Waals surface area contributed by atoms with Gasteiger partial charge in [-0.2, -0.15) is 5.10 Å². The normalized spacial score (nSPS) is 11.6. The summed E-state index contributed by atoms with van der Waals surface area (Å²) < 4.78 is 0. The fourth-order valence-corrected chi connectivity index (χ4v) is 4.82. The number of hydrogen-bond donors (Lipinski definition) is 2. The maximum Gasteiger partial charge on any atom is 0.271 e. The quantitative estimate of drug-likeness (QED) is 0.0757. The number of hydrogen-bond acceptors (Lipinski definition) is 5. The molecule has 0 spiro atoms. The predicted octanol–water partition coefficient (Wildman–Crippen LogP) is 8.07. The van der Waals surface area contributed by atoms with Crippen molar-refractivity contribution < 1.29 is 4.79 Å². The molecule has 0 unspecified atom stereocenters.